The predicted molar refractivity (Wildman–Crippen MR) is 123 cm³/mol. The summed E-state index contributed by atoms with van der Waals surface area (Å²) in [5.74, 6) is -0.424. The first-order valence-electron chi connectivity index (χ1n) is 10.9. The van der Waals surface area contributed by atoms with E-state index in [-0.39, 0.29) is 12.6 Å². The molecule has 0 radical (unpaired) electrons. The molecular weight excluding hydrogens is 408 g/mol. The Morgan fingerprint density at radius 1 is 1.09 bits per heavy atom. The Hall–Kier alpha value is -3.26. The summed E-state index contributed by atoms with van der Waals surface area (Å²) >= 11 is 0. The number of alkyl carbamates (subject to hydrolysis) is 1. The topological polar surface area (TPSA) is 74.3 Å². The van der Waals surface area contributed by atoms with E-state index in [9.17, 15) is 9.59 Å². The molecular formula is C24H30N4O4. The second-order valence-corrected chi connectivity index (χ2v) is 8.36. The number of hydrogen-bond donors (Lipinski definition) is 1. The van der Waals surface area contributed by atoms with Crippen LogP contribution < -0.4 is 15.1 Å². The van der Waals surface area contributed by atoms with Gasteiger partial charge in [-0.3, -0.25) is 4.90 Å². The van der Waals surface area contributed by atoms with E-state index in [1.54, 1.807) is 12.1 Å². The molecule has 2 atom stereocenters. The van der Waals surface area contributed by atoms with E-state index in [2.05, 4.69) is 39.4 Å². The number of para-hydroxylation sites is 1. The third kappa shape index (κ3) is 5.31. The normalized spacial score (nSPS) is 21.1. The molecule has 0 aromatic heterocycles. The highest BCUT2D eigenvalue weighted by molar-refractivity contribution is 5.90. The zero-order valence-corrected chi connectivity index (χ0v) is 18.6. The van der Waals surface area contributed by atoms with Crippen molar-refractivity contribution in [3.63, 3.8) is 0 Å². The van der Waals surface area contributed by atoms with Gasteiger partial charge in [-0.2, -0.15) is 0 Å². The van der Waals surface area contributed by atoms with Gasteiger partial charge in [0.2, 0.25) is 0 Å². The highest BCUT2D eigenvalue weighted by Gasteiger charge is 2.36. The van der Waals surface area contributed by atoms with Crippen molar-refractivity contribution in [1.82, 2.24) is 10.2 Å². The molecule has 8 nitrogen and oxygen atoms in total. The average molecular weight is 439 g/mol. The van der Waals surface area contributed by atoms with Crippen molar-refractivity contribution in [1.29, 1.82) is 0 Å². The van der Waals surface area contributed by atoms with Gasteiger partial charge in [-0.25, -0.2) is 9.59 Å². The molecule has 2 aromatic carbocycles. The summed E-state index contributed by atoms with van der Waals surface area (Å²) in [6, 6.07) is 17.4. The van der Waals surface area contributed by atoms with Crippen LogP contribution in [-0.2, 0) is 9.47 Å². The third-order valence-corrected chi connectivity index (χ3v) is 5.94. The lowest BCUT2D eigenvalue weighted by atomic mass is 10.1. The van der Waals surface area contributed by atoms with E-state index in [1.165, 1.54) is 5.69 Å². The second kappa shape index (κ2) is 9.91. The Balaban J connectivity index is 1.29. The fourth-order valence-corrected chi connectivity index (χ4v) is 4.07. The molecule has 0 unspecified atom stereocenters. The number of cyclic esters (lactones) is 1. The molecule has 2 aromatic rings. The number of piperazine rings is 1. The molecule has 2 aliphatic heterocycles. The van der Waals surface area contributed by atoms with Crippen molar-refractivity contribution in [2.45, 2.75) is 12.1 Å². The number of amides is 1. The molecule has 2 fully saturated rings. The van der Waals surface area contributed by atoms with Crippen LogP contribution in [0.2, 0.25) is 0 Å². The van der Waals surface area contributed by atoms with Crippen LogP contribution in [0, 0.1) is 0 Å². The molecule has 0 spiro atoms. The van der Waals surface area contributed by atoms with Crippen molar-refractivity contribution in [3.8, 4) is 0 Å². The van der Waals surface area contributed by atoms with Crippen molar-refractivity contribution in [3.05, 3.63) is 60.2 Å². The van der Waals surface area contributed by atoms with Crippen LogP contribution in [0.5, 0.6) is 0 Å². The molecule has 0 saturated carbocycles. The van der Waals surface area contributed by atoms with Gasteiger partial charge in [-0.05, 0) is 30.3 Å². The molecule has 170 valence electrons. The fraction of sp³-hybridized carbons (Fsp3) is 0.417. The predicted octanol–water partition coefficient (Wildman–Crippen LogP) is 2.21. The summed E-state index contributed by atoms with van der Waals surface area (Å²) in [7, 11) is 3.83. The number of rotatable bonds is 7. The molecule has 0 bridgehead atoms. The number of carbonyl (C=O) groups is 2. The number of carbonyl (C=O) groups excluding carboxylic acids is 2. The average Bonchev–Trinajstić information content (AvgIpc) is 3.17. The second-order valence-electron chi connectivity index (χ2n) is 8.36. The van der Waals surface area contributed by atoms with E-state index >= 15 is 0 Å². The van der Waals surface area contributed by atoms with Gasteiger partial charge in [0.15, 0.2) is 6.10 Å². The molecule has 0 aliphatic carbocycles. The first-order chi connectivity index (χ1) is 15.5. The van der Waals surface area contributed by atoms with Gasteiger partial charge in [-0.15, -0.1) is 0 Å². The first-order valence-corrected chi connectivity index (χ1v) is 10.9. The summed E-state index contributed by atoms with van der Waals surface area (Å²) in [4.78, 5) is 31.0. The minimum Gasteiger partial charge on any atom is -0.458 e. The molecule has 8 heteroatoms. The maximum Gasteiger partial charge on any atom is 0.408 e. The zero-order chi connectivity index (χ0) is 22.5. The zero-order valence-electron chi connectivity index (χ0n) is 18.6. The monoisotopic (exact) mass is 438 g/mol. The number of nitrogens with zero attached hydrogens (tertiary/aromatic N) is 3. The third-order valence-electron chi connectivity index (χ3n) is 5.94. The maximum atomic E-state index is 12.5. The standard InChI is InChI=1S/C24H30N4O4/c1-26(2)20-10-6-7-18(15-20)23(29)31-17-22-21(25-24(30)32-22)16-27-11-13-28(14-12-27)19-8-4-3-5-9-19/h3-10,15,21-22H,11-14,16-17H2,1-2H3,(H,25,30)/t21-,22-/m1/s1. The molecule has 4 rings (SSSR count). The van der Waals surface area contributed by atoms with E-state index in [1.807, 2.05) is 37.2 Å². The Labute approximate surface area is 188 Å². The van der Waals surface area contributed by atoms with Gasteiger partial charge in [0.1, 0.15) is 6.61 Å². The lowest BCUT2D eigenvalue weighted by molar-refractivity contribution is 0.0228. The largest absolute Gasteiger partial charge is 0.458 e. The Morgan fingerprint density at radius 3 is 2.56 bits per heavy atom. The number of nitrogens with one attached hydrogen (secondary N) is 1. The maximum absolute atomic E-state index is 12.5. The highest BCUT2D eigenvalue weighted by atomic mass is 16.6. The van der Waals surface area contributed by atoms with Crippen LogP contribution in [0.25, 0.3) is 0 Å². The van der Waals surface area contributed by atoms with Crippen LogP contribution in [-0.4, -0.2) is 82.5 Å². The summed E-state index contributed by atoms with van der Waals surface area (Å²) in [5, 5.41) is 2.87. The van der Waals surface area contributed by atoms with Crippen LogP contribution >= 0.6 is 0 Å². The molecule has 2 heterocycles. The lowest BCUT2D eigenvalue weighted by Gasteiger charge is -2.37. The quantitative estimate of drug-likeness (QED) is 0.665. The molecule has 2 saturated heterocycles. The van der Waals surface area contributed by atoms with Crippen molar-refractivity contribution >= 4 is 23.4 Å². The molecule has 32 heavy (non-hydrogen) atoms. The smallest absolute Gasteiger partial charge is 0.408 e. The molecule has 1 N–H and O–H groups in total. The van der Waals surface area contributed by atoms with Crippen LogP contribution in [0.4, 0.5) is 16.2 Å². The van der Waals surface area contributed by atoms with E-state index in [0.29, 0.717) is 12.1 Å². The van der Waals surface area contributed by atoms with Gasteiger partial charge in [0.05, 0.1) is 11.6 Å². The fourth-order valence-electron chi connectivity index (χ4n) is 4.07. The van der Waals surface area contributed by atoms with Gasteiger partial charge in [0.25, 0.3) is 0 Å². The van der Waals surface area contributed by atoms with Gasteiger partial charge >= 0.3 is 12.1 Å². The van der Waals surface area contributed by atoms with E-state index in [0.717, 1.165) is 31.9 Å². The van der Waals surface area contributed by atoms with Crippen LogP contribution in [0.1, 0.15) is 10.4 Å². The van der Waals surface area contributed by atoms with E-state index in [4.69, 9.17) is 9.47 Å². The summed E-state index contributed by atoms with van der Waals surface area (Å²) in [6.07, 6.45) is -0.968. The van der Waals surface area contributed by atoms with Crippen LogP contribution in [0.3, 0.4) is 0 Å². The molecule has 2 aliphatic rings. The Bertz CT molecular complexity index is 929. The highest BCUT2D eigenvalue weighted by Crippen LogP contribution is 2.18. The number of anilines is 2. The van der Waals surface area contributed by atoms with Gasteiger partial charge < -0.3 is 24.6 Å². The summed E-state index contributed by atoms with van der Waals surface area (Å²) in [5.41, 5.74) is 2.62. The van der Waals surface area contributed by atoms with Crippen molar-refractivity contribution in [2.75, 3.05) is 63.2 Å². The number of esters is 1. The molecule has 1 amide bonds. The summed E-state index contributed by atoms with van der Waals surface area (Å²) < 4.78 is 10.9. The lowest BCUT2D eigenvalue weighted by Crippen LogP contribution is -2.52. The minimum atomic E-state index is -0.504. The first kappa shape index (κ1) is 22.0. The van der Waals surface area contributed by atoms with E-state index < -0.39 is 18.2 Å². The van der Waals surface area contributed by atoms with Gasteiger partial charge in [-0.1, -0.05) is 24.3 Å². The van der Waals surface area contributed by atoms with Crippen molar-refractivity contribution < 1.29 is 19.1 Å². The Morgan fingerprint density at radius 2 is 1.84 bits per heavy atom. The SMILES string of the molecule is CN(C)c1cccc(C(=O)OC[C@H]2OC(=O)N[C@@H]2CN2CCN(c3ccccc3)CC2)c1. The van der Waals surface area contributed by atoms with Crippen molar-refractivity contribution in [2.24, 2.45) is 0 Å². The number of hydrogen-bond acceptors (Lipinski definition) is 7. The number of benzene rings is 2. The number of ether oxygens (including phenoxy) is 2. The Kier molecular flexibility index (Phi) is 6.80. The summed E-state index contributed by atoms with van der Waals surface area (Å²) in [6.45, 7) is 4.32. The minimum absolute atomic E-state index is 0.0262. The van der Waals surface area contributed by atoms with Crippen LogP contribution in [0.15, 0.2) is 54.6 Å². The van der Waals surface area contributed by atoms with Gasteiger partial charge in [0, 0.05) is 58.2 Å².